The van der Waals surface area contributed by atoms with Crippen LogP contribution in [0.2, 0.25) is 0 Å². The zero-order chi connectivity index (χ0) is 12.6. The van der Waals surface area contributed by atoms with Gasteiger partial charge in [-0.1, -0.05) is 42.1 Å². The Morgan fingerprint density at radius 1 is 1.28 bits per heavy atom. The zero-order valence-electron chi connectivity index (χ0n) is 10.8. The van der Waals surface area contributed by atoms with Gasteiger partial charge in [-0.25, -0.2) is 0 Å². The van der Waals surface area contributed by atoms with Crippen LogP contribution in [0.4, 0.5) is 0 Å². The fraction of sp³-hybridized carbons (Fsp3) is 0.500. The summed E-state index contributed by atoms with van der Waals surface area (Å²) in [5.41, 5.74) is 4.47. The smallest absolute Gasteiger partial charge is 0.126 e. The first-order valence-electron chi connectivity index (χ1n) is 6.32. The number of hydrazone groups is 1. The number of benzene rings is 1. The van der Waals surface area contributed by atoms with Gasteiger partial charge in [0.25, 0.3) is 0 Å². The van der Waals surface area contributed by atoms with Gasteiger partial charge in [0.2, 0.25) is 0 Å². The van der Waals surface area contributed by atoms with Crippen molar-refractivity contribution in [1.82, 2.24) is 5.43 Å². The van der Waals surface area contributed by atoms with Crippen LogP contribution in [0.15, 0.2) is 35.4 Å². The molecular formula is C14H18N2OS. The van der Waals surface area contributed by atoms with E-state index in [2.05, 4.69) is 48.6 Å². The summed E-state index contributed by atoms with van der Waals surface area (Å²) >= 11 is 1.85. The van der Waals surface area contributed by atoms with Crippen molar-refractivity contribution in [3.8, 4) is 0 Å². The van der Waals surface area contributed by atoms with E-state index >= 15 is 0 Å². The lowest BCUT2D eigenvalue weighted by atomic mass is 9.94. The molecule has 3 rings (SSSR count). The Balaban J connectivity index is 1.78. The molecule has 1 spiro atoms. The van der Waals surface area contributed by atoms with Crippen LogP contribution in [-0.4, -0.2) is 22.1 Å². The van der Waals surface area contributed by atoms with Gasteiger partial charge >= 0.3 is 0 Å². The molecule has 1 saturated heterocycles. The Morgan fingerprint density at radius 2 is 2.06 bits per heavy atom. The first-order valence-corrected chi connectivity index (χ1v) is 7.14. The minimum absolute atomic E-state index is 0.0208. The molecule has 2 aliphatic heterocycles. The third-order valence-electron chi connectivity index (χ3n) is 3.38. The maximum absolute atomic E-state index is 5.79. The molecule has 1 aromatic carbocycles. The lowest BCUT2D eigenvalue weighted by Gasteiger charge is -2.41. The Kier molecular flexibility index (Phi) is 2.87. The average Bonchev–Trinajstić information content (AvgIpc) is 2.72. The number of hydrogen-bond acceptors (Lipinski definition) is 4. The quantitative estimate of drug-likeness (QED) is 0.844. The number of hydrogen-bond donors (Lipinski definition) is 1. The van der Waals surface area contributed by atoms with E-state index in [0.717, 1.165) is 24.5 Å². The average molecular weight is 262 g/mol. The van der Waals surface area contributed by atoms with Crippen LogP contribution in [0.3, 0.4) is 0 Å². The molecule has 2 heterocycles. The number of thioether (sulfide) groups is 1. The molecule has 4 heteroatoms. The zero-order valence-corrected chi connectivity index (χ0v) is 11.6. The minimum atomic E-state index is -0.0695. The maximum atomic E-state index is 5.79. The summed E-state index contributed by atoms with van der Waals surface area (Å²) in [5.74, 6) is 0. The summed E-state index contributed by atoms with van der Waals surface area (Å²) in [6.45, 7) is 5.10. The largest absolute Gasteiger partial charge is 0.375 e. The Hall–Kier alpha value is -1.00. The van der Waals surface area contributed by atoms with Crippen molar-refractivity contribution in [2.45, 2.75) is 37.2 Å². The van der Waals surface area contributed by atoms with Gasteiger partial charge in [-0.15, -0.1) is 0 Å². The second kappa shape index (κ2) is 4.28. The maximum Gasteiger partial charge on any atom is 0.126 e. The van der Waals surface area contributed by atoms with Crippen molar-refractivity contribution in [2.75, 3.05) is 6.61 Å². The van der Waals surface area contributed by atoms with Gasteiger partial charge in [0, 0.05) is 18.4 Å². The highest BCUT2D eigenvalue weighted by Crippen LogP contribution is 2.44. The third kappa shape index (κ3) is 2.27. The van der Waals surface area contributed by atoms with Crippen molar-refractivity contribution in [3.05, 3.63) is 35.9 Å². The van der Waals surface area contributed by atoms with Crippen LogP contribution in [0, 0.1) is 0 Å². The summed E-state index contributed by atoms with van der Waals surface area (Å²) in [4.78, 5) is 0.0208. The summed E-state index contributed by atoms with van der Waals surface area (Å²) in [6.07, 6.45) is 1.98. The van der Waals surface area contributed by atoms with E-state index in [1.807, 2.05) is 17.8 Å². The van der Waals surface area contributed by atoms with Crippen LogP contribution in [0.1, 0.15) is 32.3 Å². The van der Waals surface area contributed by atoms with Gasteiger partial charge in [-0.05, 0) is 13.8 Å². The predicted octanol–water partition coefficient (Wildman–Crippen LogP) is 2.97. The molecule has 0 amide bonds. The Bertz CT molecular complexity index is 472. The van der Waals surface area contributed by atoms with Crippen LogP contribution >= 0.6 is 11.8 Å². The molecule has 0 aliphatic carbocycles. The molecule has 1 fully saturated rings. The van der Waals surface area contributed by atoms with Crippen molar-refractivity contribution >= 4 is 16.8 Å². The van der Waals surface area contributed by atoms with E-state index < -0.39 is 0 Å². The summed E-state index contributed by atoms with van der Waals surface area (Å²) in [6, 6.07) is 10.4. The molecule has 3 nitrogen and oxygen atoms in total. The molecule has 0 aromatic heterocycles. The number of nitrogens with zero attached hydrogens (tertiary/aromatic N) is 1. The van der Waals surface area contributed by atoms with Crippen molar-refractivity contribution in [1.29, 1.82) is 0 Å². The van der Waals surface area contributed by atoms with Gasteiger partial charge in [-0.3, -0.25) is 5.43 Å². The number of rotatable bonds is 1. The van der Waals surface area contributed by atoms with Crippen LogP contribution in [0.25, 0.3) is 0 Å². The van der Waals surface area contributed by atoms with Crippen molar-refractivity contribution in [3.63, 3.8) is 0 Å². The predicted molar refractivity (Wildman–Crippen MR) is 75.7 cm³/mol. The molecule has 1 atom stereocenters. The summed E-state index contributed by atoms with van der Waals surface area (Å²) in [5, 5.41) is 5.61. The highest BCUT2D eigenvalue weighted by Gasteiger charge is 2.45. The molecule has 0 radical (unpaired) electrons. The summed E-state index contributed by atoms with van der Waals surface area (Å²) < 4.78 is 5.79. The van der Waals surface area contributed by atoms with E-state index in [4.69, 9.17) is 4.74 Å². The monoisotopic (exact) mass is 262 g/mol. The van der Waals surface area contributed by atoms with E-state index in [9.17, 15) is 0 Å². The lowest BCUT2D eigenvalue weighted by Crippen LogP contribution is -2.49. The highest BCUT2D eigenvalue weighted by molar-refractivity contribution is 8.15. The van der Waals surface area contributed by atoms with Crippen LogP contribution < -0.4 is 5.43 Å². The molecule has 1 aromatic rings. The fourth-order valence-electron chi connectivity index (χ4n) is 2.59. The van der Waals surface area contributed by atoms with Gasteiger partial charge in [0.1, 0.15) is 9.91 Å². The molecule has 0 saturated carbocycles. The topological polar surface area (TPSA) is 33.6 Å². The second-order valence-corrected chi connectivity index (χ2v) is 6.90. The molecule has 1 N–H and O–H groups in total. The highest BCUT2D eigenvalue weighted by atomic mass is 32.2. The molecular weight excluding hydrogens is 244 g/mol. The molecule has 18 heavy (non-hydrogen) atoms. The Labute approximate surface area is 112 Å². The van der Waals surface area contributed by atoms with Crippen molar-refractivity contribution in [2.24, 2.45) is 5.10 Å². The van der Waals surface area contributed by atoms with E-state index in [-0.39, 0.29) is 10.5 Å². The Morgan fingerprint density at radius 3 is 2.78 bits per heavy atom. The summed E-state index contributed by atoms with van der Waals surface area (Å²) in [7, 11) is 0. The molecule has 0 bridgehead atoms. The van der Waals surface area contributed by atoms with Gasteiger partial charge < -0.3 is 4.74 Å². The van der Waals surface area contributed by atoms with E-state index in [0.29, 0.717) is 0 Å². The fourth-order valence-corrected chi connectivity index (χ4v) is 4.00. The van der Waals surface area contributed by atoms with E-state index in [1.165, 1.54) is 5.56 Å². The van der Waals surface area contributed by atoms with Crippen LogP contribution in [0.5, 0.6) is 0 Å². The number of nitrogens with one attached hydrogen (secondary N) is 1. The molecule has 2 aliphatic rings. The first kappa shape index (κ1) is 12.1. The van der Waals surface area contributed by atoms with Crippen LogP contribution in [-0.2, 0) is 4.74 Å². The first-order chi connectivity index (χ1) is 8.59. The van der Waals surface area contributed by atoms with Gasteiger partial charge in [0.15, 0.2) is 0 Å². The van der Waals surface area contributed by atoms with E-state index in [1.54, 1.807) is 0 Å². The third-order valence-corrected chi connectivity index (χ3v) is 4.73. The molecule has 96 valence electrons. The SMILES string of the molecule is CC1(C)C[C@@]2(CCO1)NN=C(c1ccccc1)S2. The standard InChI is InChI=1S/C14H18N2OS/c1-13(2)10-14(8-9-17-13)16-15-12(18-14)11-6-4-3-5-7-11/h3-7,16H,8-10H2,1-2H3/t14-/m0/s1. The van der Waals surface area contributed by atoms with Crippen molar-refractivity contribution < 1.29 is 4.74 Å². The normalized spacial score (nSPS) is 30.0. The number of ether oxygens (including phenoxy) is 1. The lowest BCUT2D eigenvalue weighted by molar-refractivity contribution is -0.0683. The minimum Gasteiger partial charge on any atom is -0.375 e. The molecule has 0 unspecified atom stereocenters. The van der Waals surface area contributed by atoms with Gasteiger partial charge in [0.05, 0.1) is 12.2 Å². The van der Waals surface area contributed by atoms with Gasteiger partial charge in [-0.2, -0.15) is 5.10 Å². The second-order valence-electron chi connectivity index (χ2n) is 5.53.